The number of hydrogen-bond acceptors (Lipinski definition) is 2. The molecule has 0 aromatic rings. The molecule has 0 spiro atoms. The summed E-state index contributed by atoms with van der Waals surface area (Å²) in [5.74, 6) is -2.25. The lowest BCUT2D eigenvalue weighted by atomic mass is 10.0. The molecule has 0 aromatic carbocycles. The lowest BCUT2D eigenvalue weighted by molar-refractivity contribution is -0.136. The molecule has 0 amide bonds. The molecule has 110 valence electrons. The van der Waals surface area contributed by atoms with Gasteiger partial charge < -0.3 is 10.2 Å². The molecule has 0 aliphatic carbocycles. The number of rotatable bonds is 11. The van der Waals surface area contributed by atoms with Crippen molar-refractivity contribution in [3.05, 3.63) is 11.1 Å². The second kappa shape index (κ2) is 10.6. The van der Waals surface area contributed by atoms with Crippen molar-refractivity contribution in [3.63, 3.8) is 0 Å². The van der Waals surface area contributed by atoms with E-state index in [9.17, 15) is 9.59 Å². The van der Waals surface area contributed by atoms with Crippen molar-refractivity contribution >= 4 is 11.9 Å². The summed E-state index contributed by atoms with van der Waals surface area (Å²) in [6.07, 6.45) is 9.38. The largest absolute Gasteiger partial charge is 0.478 e. The Morgan fingerprint density at radius 2 is 1.26 bits per heavy atom. The van der Waals surface area contributed by atoms with Gasteiger partial charge in [-0.05, 0) is 19.8 Å². The Kier molecular flexibility index (Phi) is 9.85. The lowest BCUT2D eigenvalue weighted by Gasteiger charge is -2.05. The van der Waals surface area contributed by atoms with Crippen LogP contribution in [-0.2, 0) is 9.59 Å². The highest BCUT2D eigenvalue weighted by atomic mass is 16.4. The van der Waals surface area contributed by atoms with Crippen LogP contribution in [0.15, 0.2) is 11.1 Å². The summed E-state index contributed by atoms with van der Waals surface area (Å²) >= 11 is 0. The van der Waals surface area contributed by atoms with Crippen molar-refractivity contribution in [2.45, 2.75) is 71.6 Å². The maximum Gasteiger partial charge on any atom is 0.332 e. The quantitative estimate of drug-likeness (QED) is 0.439. The number of carboxylic acid groups (broad SMARTS) is 2. The van der Waals surface area contributed by atoms with Crippen LogP contribution in [0.25, 0.3) is 0 Å². The van der Waals surface area contributed by atoms with Crippen molar-refractivity contribution in [1.82, 2.24) is 0 Å². The second-order valence-electron chi connectivity index (χ2n) is 4.94. The molecule has 2 N–H and O–H groups in total. The average Bonchev–Trinajstić information content (AvgIpc) is 2.35. The number of carbonyl (C=O) groups is 2. The Hall–Kier alpha value is -1.32. The highest BCUT2D eigenvalue weighted by Crippen LogP contribution is 2.16. The fraction of sp³-hybridized carbons (Fsp3) is 0.733. The molecular formula is C15H26O4. The van der Waals surface area contributed by atoms with Gasteiger partial charge in [-0.25, -0.2) is 9.59 Å². The first-order valence-electron chi connectivity index (χ1n) is 7.17. The lowest BCUT2D eigenvalue weighted by Crippen LogP contribution is -2.09. The van der Waals surface area contributed by atoms with E-state index < -0.39 is 11.9 Å². The van der Waals surface area contributed by atoms with Gasteiger partial charge in [0.2, 0.25) is 0 Å². The summed E-state index contributed by atoms with van der Waals surface area (Å²) in [6.45, 7) is 3.54. The van der Waals surface area contributed by atoms with E-state index in [1.807, 2.05) is 0 Å². The smallest absolute Gasteiger partial charge is 0.332 e. The first-order chi connectivity index (χ1) is 9.00. The van der Waals surface area contributed by atoms with Gasteiger partial charge in [-0.3, -0.25) is 0 Å². The van der Waals surface area contributed by atoms with Gasteiger partial charge in [0.15, 0.2) is 0 Å². The zero-order chi connectivity index (χ0) is 14.7. The number of carboxylic acids is 2. The van der Waals surface area contributed by atoms with Crippen LogP contribution >= 0.6 is 0 Å². The normalized spacial score (nSPS) is 12.1. The second-order valence-corrected chi connectivity index (χ2v) is 4.94. The van der Waals surface area contributed by atoms with E-state index in [0.717, 1.165) is 19.3 Å². The van der Waals surface area contributed by atoms with Crippen molar-refractivity contribution in [2.75, 3.05) is 0 Å². The molecule has 0 aromatic heterocycles. The van der Waals surface area contributed by atoms with Gasteiger partial charge >= 0.3 is 11.9 Å². The third-order valence-electron chi connectivity index (χ3n) is 3.31. The van der Waals surface area contributed by atoms with E-state index in [-0.39, 0.29) is 11.1 Å². The van der Waals surface area contributed by atoms with Gasteiger partial charge in [0.05, 0.1) is 0 Å². The summed E-state index contributed by atoms with van der Waals surface area (Å²) in [4.78, 5) is 21.7. The fourth-order valence-electron chi connectivity index (χ4n) is 2.02. The Morgan fingerprint density at radius 3 is 1.68 bits per heavy atom. The topological polar surface area (TPSA) is 74.6 Å². The van der Waals surface area contributed by atoms with Gasteiger partial charge in [0, 0.05) is 11.1 Å². The number of aliphatic carboxylic acids is 2. The fourth-order valence-corrected chi connectivity index (χ4v) is 2.02. The summed E-state index contributed by atoms with van der Waals surface area (Å²) < 4.78 is 0. The maximum absolute atomic E-state index is 11.0. The number of hydrogen-bond donors (Lipinski definition) is 2. The predicted octanol–water partition coefficient (Wildman–Crippen LogP) is 4.00. The molecule has 19 heavy (non-hydrogen) atoms. The zero-order valence-corrected chi connectivity index (χ0v) is 12.1. The molecule has 0 fully saturated rings. The molecule has 0 aliphatic heterocycles. The minimum absolute atomic E-state index is 0.0403. The van der Waals surface area contributed by atoms with E-state index in [1.54, 1.807) is 0 Å². The van der Waals surface area contributed by atoms with Gasteiger partial charge in [-0.15, -0.1) is 0 Å². The Labute approximate surface area is 115 Å². The summed E-state index contributed by atoms with van der Waals surface area (Å²) in [7, 11) is 0. The van der Waals surface area contributed by atoms with Gasteiger partial charge in [-0.1, -0.05) is 51.9 Å². The van der Waals surface area contributed by atoms with Crippen LogP contribution in [0.3, 0.4) is 0 Å². The van der Waals surface area contributed by atoms with Crippen LogP contribution in [0.4, 0.5) is 0 Å². The minimum Gasteiger partial charge on any atom is -0.478 e. The number of unbranched alkanes of at least 4 members (excludes halogenated alkanes) is 7. The van der Waals surface area contributed by atoms with Gasteiger partial charge in [0.1, 0.15) is 0 Å². The molecule has 0 atom stereocenters. The summed E-state index contributed by atoms with van der Waals surface area (Å²) in [5, 5.41) is 17.8. The average molecular weight is 270 g/mol. The molecule has 0 radical (unpaired) electrons. The standard InChI is InChI=1S/C15H26O4/c1-3-4-5-6-7-8-9-10-11-13(15(18)19)12(2)14(16)17/h3-11H2,1-2H3,(H,16,17)(H,18,19). The van der Waals surface area contributed by atoms with E-state index in [4.69, 9.17) is 10.2 Å². The van der Waals surface area contributed by atoms with Crippen molar-refractivity contribution in [2.24, 2.45) is 0 Å². The first-order valence-corrected chi connectivity index (χ1v) is 7.17. The molecular weight excluding hydrogens is 244 g/mol. The third-order valence-corrected chi connectivity index (χ3v) is 3.31. The SMILES string of the molecule is CCCCCCCCCCC(C(=O)O)=C(C)C(=O)O. The predicted molar refractivity (Wildman–Crippen MR) is 75.2 cm³/mol. The van der Waals surface area contributed by atoms with Crippen molar-refractivity contribution < 1.29 is 19.8 Å². The molecule has 0 rings (SSSR count). The molecule has 0 saturated heterocycles. The highest BCUT2D eigenvalue weighted by Gasteiger charge is 2.15. The molecule has 0 saturated carbocycles. The highest BCUT2D eigenvalue weighted by molar-refractivity contribution is 5.98. The summed E-state index contributed by atoms with van der Waals surface area (Å²) in [6, 6.07) is 0. The molecule has 0 heterocycles. The van der Waals surface area contributed by atoms with Crippen LogP contribution in [0.5, 0.6) is 0 Å². The third kappa shape index (κ3) is 8.41. The van der Waals surface area contributed by atoms with Crippen molar-refractivity contribution in [3.8, 4) is 0 Å². The molecule has 0 aliphatic rings. The minimum atomic E-state index is -1.14. The van der Waals surface area contributed by atoms with Crippen LogP contribution in [-0.4, -0.2) is 22.2 Å². The monoisotopic (exact) mass is 270 g/mol. The molecule has 4 heteroatoms. The van der Waals surface area contributed by atoms with Crippen LogP contribution < -0.4 is 0 Å². The van der Waals surface area contributed by atoms with E-state index in [1.165, 1.54) is 39.0 Å². The van der Waals surface area contributed by atoms with Crippen LogP contribution in [0.1, 0.15) is 71.6 Å². The molecule has 0 unspecified atom stereocenters. The maximum atomic E-state index is 11.0. The van der Waals surface area contributed by atoms with Crippen molar-refractivity contribution in [1.29, 1.82) is 0 Å². The van der Waals surface area contributed by atoms with Gasteiger partial charge in [0.25, 0.3) is 0 Å². The molecule has 4 nitrogen and oxygen atoms in total. The zero-order valence-electron chi connectivity index (χ0n) is 12.1. The van der Waals surface area contributed by atoms with Gasteiger partial charge in [-0.2, -0.15) is 0 Å². The van der Waals surface area contributed by atoms with Crippen LogP contribution in [0.2, 0.25) is 0 Å². The van der Waals surface area contributed by atoms with E-state index in [2.05, 4.69) is 6.92 Å². The van der Waals surface area contributed by atoms with Crippen LogP contribution in [0, 0.1) is 0 Å². The Bertz CT molecular complexity index is 318. The molecule has 0 bridgehead atoms. The Morgan fingerprint density at radius 1 is 0.789 bits per heavy atom. The van der Waals surface area contributed by atoms with E-state index >= 15 is 0 Å². The Balaban J connectivity index is 3.88. The first kappa shape index (κ1) is 17.7. The summed E-state index contributed by atoms with van der Waals surface area (Å²) in [5.41, 5.74) is -0.00562. The van der Waals surface area contributed by atoms with E-state index in [0.29, 0.717) is 6.42 Å².